The van der Waals surface area contributed by atoms with Gasteiger partial charge in [-0.2, -0.15) is 16.4 Å². The normalized spacial score (nSPS) is 13.1. The highest BCUT2D eigenvalue weighted by Gasteiger charge is 2.16. The maximum atomic E-state index is 6.12. The Bertz CT molecular complexity index is 402. The molecule has 0 aliphatic rings. The molecule has 2 rings (SSSR count). The highest BCUT2D eigenvalue weighted by Crippen LogP contribution is 2.27. The SMILES string of the molecule is Cn1ncc(Br)c1C(N)c1ccsc1. The predicted octanol–water partition coefficient (Wildman–Crippen LogP) is 2.29. The fourth-order valence-corrected chi connectivity index (χ4v) is 2.67. The van der Waals surface area contributed by atoms with E-state index in [1.165, 1.54) is 0 Å². The van der Waals surface area contributed by atoms with Gasteiger partial charge in [-0.25, -0.2) is 0 Å². The van der Waals surface area contributed by atoms with Crippen LogP contribution in [-0.2, 0) is 7.05 Å². The lowest BCUT2D eigenvalue weighted by Crippen LogP contribution is -2.15. The van der Waals surface area contributed by atoms with E-state index in [4.69, 9.17) is 5.73 Å². The Hall–Kier alpha value is -0.650. The van der Waals surface area contributed by atoms with E-state index in [2.05, 4.69) is 26.4 Å². The van der Waals surface area contributed by atoms with E-state index in [9.17, 15) is 0 Å². The Kier molecular flexibility index (Phi) is 2.71. The highest BCUT2D eigenvalue weighted by molar-refractivity contribution is 9.10. The first kappa shape index (κ1) is 9.89. The molecule has 0 aromatic carbocycles. The van der Waals surface area contributed by atoms with Gasteiger partial charge in [0.2, 0.25) is 0 Å². The molecule has 1 unspecified atom stereocenters. The molecule has 0 aliphatic carbocycles. The third-order valence-corrected chi connectivity index (χ3v) is 3.45. The molecule has 0 fully saturated rings. The van der Waals surface area contributed by atoms with Crippen LogP contribution in [0.4, 0.5) is 0 Å². The number of nitrogens with two attached hydrogens (primary N) is 1. The average molecular weight is 272 g/mol. The fraction of sp³-hybridized carbons (Fsp3) is 0.222. The first-order chi connectivity index (χ1) is 6.70. The van der Waals surface area contributed by atoms with Gasteiger partial charge in [-0.15, -0.1) is 0 Å². The van der Waals surface area contributed by atoms with Crippen LogP contribution in [0.1, 0.15) is 17.3 Å². The van der Waals surface area contributed by atoms with E-state index < -0.39 is 0 Å². The molecule has 2 N–H and O–H groups in total. The first-order valence-corrected chi connectivity index (χ1v) is 5.89. The van der Waals surface area contributed by atoms with Crippen LogP contribution in [0.3, 0.4) is 0 Å². The quantitative estimate of drug-likeness (QED) is 0.911. The van der Waals surface area contributed by atoms with E-state index in [0.717, 1.165) is 15.7 Å². The number of thiophene rings is 1. The summed E-state index contributed by atoms with van der Waals surface area (Å²) in [7, 11) is 1.90. The van der Waals surface area contributed by atoms with E-state index in [0.29, 0.717) is 0 Å². The molecule has 0 saturated carbocycles. The van der Waals surface area contributed by atoms with Gasteiger partial charge in [-0.05, 0) is 38.3 Å². The molecule has 1 atom stereocenters. The molecule has 0 saturated heterocycles. The lowest BCUT2D eigenvalue weighted by Gasteiger charge is -2.11. The fourth-order valence-electron chi connectivity index (χ4n) is 1.38. The second-order valence-corrected chi connectivity index (χ2v) is 4.67. The van der Waals surface area contributed by atoms with Crippen LogP contribution in [0.5, 0.6) is 0 Å². The van der Waals surface area contributed by atoms with Crippen LogP contribution >= 0.6 is 27.3 Å². The number of hydrogen-bond donors (Lipinski definition) is 1. The molecule has 2 heterocycles. The summed E-state index contributed by atoms with van der Waals surface area (Å²) < 4.78 is 2.76. The van der Waals surface area contributed by atoms with Gasteiger partial charge < -0.3 is 5.73 Å². The summed E-state index contributed by atoms with van der Waals surface area (Å²) in [5.74, 6) is 0. The lowest BCUT2D eigenvalue weighted by molar-refractivity contribution is 0.672. The van der Waals surface area contributed by atoms with Gasteiger partial charge >= 0.3 is 0 Å². The summed E-state index contributed by atoms with van der Waals surface area (Å²) in [5, 5.41) is 8.23. The number of halogens is 1. The first-order valence-electron chi connectivity index (χ1n) is 4.15. The second kappa shape index (κ2) is 3.84. The predicted molar refractivity (Wildman–Crippen MR) is 61.3 cm³/mol. The molecule has 0 bridgehead atoms. The zero-order valence-corrected chi connectivity index (χ0v) is 10.0. The smallest absolute Gasteiger partial charge is 0.0742 e. The third kappa shape index (κ3) is 1.63. The maximum absolute atomic E-state index is 6.12. The minimum absolute atomic E-state index is 0.108. The molecular weight excluding hydrogens is 262 g/mol. The summed E-state index contributed by atoms with van der Waals surface area (Å²) in [6, 6.07) is 1.93. The Morgan fingerprint density at radius 1 is 1.64 bits per heavy atom. The summed E-state index contributed by atoms with van der Waals surface area (Å²) in [6.07, 6.45) is 1.77. The number of rotatable bonds is 2. The molecule has 0 radical (unpaired) electrons. The maximum Gasteiger partial charge on any atom is 0.0742 e. The third-order valence-electron chi connectivity index (χ3n) is 2.13. The number of aryl methyl sites for hydroxylation is 1. The van der Waals surface area contributed by atoms with Gasteiger partial charge in [0.15, 0.2) is 0 Å². The van der Waals surface area contributed by atoms with E-state index in [1.54, 1.807) is 22.2 Å². The summed E-state index contributed by atoms with van der Waals surface area (Å²) in [4.78, 5) is 0. The van der Waals surface area contributed by atoms with Crippen molar-refractivity contribution in [2.45, 2.75) is 6.04 Å². The summed E-state index contributed by atoms with van der Waals surface area (Å²) in [5.41, 5.74) is 8.25. The van der Waals surface area contributed by atoms with Crippen LogP contribution in [0.25, 0.3) is 0 Å². The number of aromatic nitrogens is 2. The second-order valence-electron chi connectivity index (χ2n) is 3.04. The van der Waals surface area contributed by atoms with Gasteiger partial charge in [0, 0.05) is 7.05 Å². The minimum atomic E-state index is -0.108. The summed E-state index contributed by atoms with van der Waals surface area (Å²) >= 11 is 5.10. The standard InChI is InChI=1S/C9H10BrN3S/c1-13-9(7(10)4-12-13)8(11)6-2-3-14-5-6/h2-5,8H,11H2,1H3. The molecule has 14 heavy (non-hydrogen) atoms. The Labute approximate surface area is 94.7 Å². The van der Waals surface area contributed by atoms with Crippen LogP contribution < -0.4 is 5.73 Å². The zero-order valence-electron chi connectivity index (χ0n) is 7.64. The van der Waals surface area contributed by atoms with Crippen LogP contribution in [-0.4, -0.2) is 9.78 Å². The lowest BCUT2D eigenvalue weighted by atomic mass is 10.1. The Balaban J connectivity index is 2.41. The Morgan fingerprint density at radius 3 is 2.93 bits per heavy atom. The number of hydrogen-bond acceptors (Lipinski definition) is 3. The van der Waals surface area contributed by atoms with Crippen LogP contribution in [0.15, 0.2) is 27.5 Å². The average Bonchev–Trinajstić information content (AvgIpc) is 2.75. The van der Waals surface area contributed by atoms with Gasteiger partial charge in [-0.3, -0.25) is 4.68 Å². The van der Waals surface area contributed by atoms with Crippen molar-refractivity contribution >= 4 is 27.3 Å². The van der Waals surface area contributed by atoms with Crippen molar-refractivity contribution in [3.05, 3.63) is 38.8 Å². The Morgan fingerprint density at radius 2 is 2.43 bits per heavy atom. The molecule has 2 aromatic rings. The number of nitrogens with zero attached hydrogens (tertiary/aromatic N) is 2. The molecule has 0 aliphatic heterocycles. The van der Waals surface area contributed by atoms with Crippen molar-refractivity contribution in [3.63, 3.8) is 0 Å². The largest absolute Gasteiger partial charge is 0.319 e. The topological polar surface area (TPSA) is 43.8 Å². The van der Waals surface area contributed by atoms with Gasteiger partial charge in [-0.1, -0.05) is 0 Å². The van der Waals surface area contributed by atoms with E-state index >= 15 is 0 Å². The molecule has 3 nitrogen and oxygen atoms in total. The molecule has 74 valence electrons. The van der Waals surface area contributed by atoms with Gasteiger partial charge in [0.25, 0.3) is 0 Å². The minimum Gasteiger partial charge on any atom is -0.319 e. The van der Waals surface area contributed by atoms with Crippen LogP contribution in [0.2, 0.25) is 0 Å². The van der Waals surface area contributed by atoms with Gasteiger partial charge in [0.1, 0.15) is 0 Å². The molecule has 0 spiro atoms. The molecule has 0 amide bonds. The summed E-state index contributed by atoms with van der Waals surface area (Å²) in [6.45, 7) is 0. The van der Waals surface area contributed by atoms with Crippen LogP contribution in [0, 0.1) is 0 Å². The van der Waals surface area contributed by atoms with Crippen molar-refractivity contribution in [1.82, 2.24) is 9.78 Å². The van der Waals surface area contributed by atoms with Crippen molar-refractivity contribution in [1.29, 1.82) is 0 Å². The van der Waals surface area contributed by atoms with Crippen molar-refractivity contribution in [3.8, 4) is 0 Å². The zero-order chi connectivity index (χ0) is 10.1. The van der Waals surface area contributed by atoms with Crippen molar-refractivity contribution < 1.29 is 0 Å². The molecular formula is C9H10BrN3S. The van der Waals surface area contributed by atoms with Gasteiger partial charge in [0.05, 0.1) is 22.4 Å². The monoisotopic (exact) mass is 271 g/mol. The van der Waals surface area contributed by atoms with E-state index in [-0.39, 0.29) is 6.04 Å². The van der Waals surface area contributed by atoms with E-state index in [1.807, 2.05) is 18.5 Å². The molecule has 5 heteroatoms. The highest BCUT2D eigenvalue weighted by atomic mass is 79.9. The van der Waals surface area contributed by atoms with Crippen molar-refractivity contribution in [2.75, 3.05) is 0 Å². The molecule has 2 aromatic heterocycles. The van der Waals surface area contributed by atoms with Crippen molar-refractivity contribution in [2.24, 2.45) is 12.8 Å².